The molecule has 0 saturated heterocycles. The van der Waals surface area contributed by atoms with Gasteiger partial charge in [0.1, 0.15) is 0 Å². The highest BCUT2D eigenvalue weighted by Gasteiger charge is 2.24. The summed E-state index contributed by atoms with van der Waals surface area (Å²) in [5, 5.41) is 20.2. The van der Waals surface area contributed by atoms with Crippen molar-refractivity contribution in [1.82, 2.24) is 20.4 Å². The van der Waals surface area contributed by atoms with Crippen molar-refractivity contribution in [2.24, 2.45) is 7.05 Å². The summed E-state index contributed by atoms with van der Waals surface area (Å²) in [7, 11) is 1.94. The summed E-state index contributed by atoms with van der Waals surface area (Å²) >= 11 is 0. The second-order valence-electron chi connectivity index (χ2n) is 5.99. The quantitative estimate of drug-likeness (QED) is 0.774. The molecule has 0 radical (unpaired) electrons. The standard InChI is InChI=1S/C16H28N4O2/c1-4-12-11(14(5-2)20(3)19-12)10-17-16(22)18-13-8-6-7-9-15(13)21/h13,15,21H,4-10H2,1-3H3,(H2,17,18,22). The van der Waals surface area contributed by atoms with E-state index in [2.05, 4.69) is 29.6 Å². The molecule has 1 aromatic rings. The number of aliphatic hydroxyl groups excluding tert-OH is 1. The maximum atomic E-state index is 12.1. The molecule has 6 heteroatoms. The molecule has 0 aromatic carbocycles. The molecule has 2 rings (SSSR count). The van der Waals surface area contributed by atoms with E-state index < -0.39 is 6.10 Å². The predicted octanol–water partition coefficient (Wildman–Crippen LogP) is 1.65. The van der Waals surface area contributed by atoms with E-state index in [9.17, 15) is 9.90 Å². The number of nitrogens with zero attached hydrogens (tertiary/aromatic N) is 2. The highest BCUT2D eigenvalue weighted by molar-refractivity contribution is 5.74. The molecule has 1 heterocycles. The number of aryl methyl sites for hydroxylation is 2. The van der Waals surface area contributed by atoms with Crippen molar-refractivity contribution in [3.05, 3.63) is 17.0 Å². The van der Waals surface area contributed by atoms with E-state index in [0.29, 0.717) is 6.54 Å². The first-order valence-corrected chi connectivity index (χ1v) is 8.32. The van der Waals surface area contributed by atoms with Crippen LogP contribution in [0.3, 0.4) is 0 Å². The van der Waals surface area contributed by atoms with E-state index in [-0.39, 0.29) is 12.1 Å². The molecule has 124 valence electrons. The topological polar surface area (TPSA) is 79.2 Å². The Morgan fingerprint density at radius 2 is 2.05 bits per heavy atom. The first-order chi connectivity index (χ1) is 10.6. The summed E-state index contributed by atoms with van der Waals surface area (Å²) < 4.78 is 1.90. The van der Waals surface area contributed by atoms with Gasteiger partial charge in [0.05, 0.1) is 17.8 Å². The van der Waals surface area contributed by atoms with Crippen LogP contribution in [0.4, 0.5) is 4.79 Å². The first-order valence-electron chi connectivity index (χ1n) is 8.32. The molecule has 1 aliphatic rings. The van der Waals surface area contributed by atoms with Crippen LogP contribution in [0, 0.1) is 0 Å². The van der Waals surface area contributed by atoms with Crippen LogP contribution in [0.2, 0.25) is 0 Å². The summed E-state index contributed by atoms with van der Waals surface area (Å²) in [5.41, 5.74) is 3.32. The number of aliphatic hydroxyl groups is 1. The fourth-order valence-electron chi connectivity index (χ4n) is 3.26. The lowest BCUT2D eigenvalue weighted by Gasteiger charge is -2.28. The van der Waals surface area contributed by atoms with Crippen LogP contribution in [0.5, 0.6) is 0 Å². The lowest BCUT2D eigenvalue weighted by molar-refractivity contribution is 0.0943. The number of rotatable bonds is 5. The zero-order chi connectivity index (χ0) is 16.1. The van der Waals surface area contributed by atoms with E-state index in [1.165, 1.54) is 0 Å². The van der Waals surface area contributed by atoms with Gasteiger partial charge in [-0.15, -0.1) is 0 Å². The normalized spacial score (nSPS) is 21.6. The first kappa shape index (κ1) is 16.8. The lowest BCUT2D eigenvalue weighted by atomic mass is 9.93. The fourth-order valence-corrected chi connectivity index (χ4v) is 3.26. The van der Waals surface area contributed by atoms with Gasteiger partial charge in [-0.3, -0.25) is 4.68 Å². The Labute approximate surface area is 132 Å². The number of carbonyl (C=O) groups excluding carboxylic acids is 1. The van der Waals surface area contributed by atoms with Crippen molar-refractivity contribution in [3.63, 3.8) is 0 Å². The molecule has 2 unspecified atom stereocenters. The monoisotopic (exact) mass is 308 g/mol. The van der Waals surface area contributed by atoms with Crippen LogP contribution < -0.4 is 10.6 Å². The molecule has 1 saturated carbocycles. The SMILES string of the molecule is CCc1nn(C)c(CC)c1CNC(=O)NC1CCCCC1O. The van der Waals surface area contributed by atoms with Crippen molar-refractivity contribution in [2.75, 3.05) is 0 Å². The van der Waals surface area contributed by atoms with Gasteiger partial charge in [-0.1, -0.05) is 26.7 Å². The van der Waals surface area contributed by atoms with Gasteiger partial charge in [-0.25, -0.2) is 4.79 Å². The minimum absolute atomic E-state index is 0.126. The summed E-state index contributed by atoms with van der Waals surface area (Å²) in [4.78, 5) is 12.1. The summed E-state index contributed by atoms with van der Waals surface area (Å²) in [6.07, 6.45) is 5.04. The Morgan fingerprint density at radius 3 is 2.68 bits per heavy atom. The summed E-state index contributed by atoms with van der Waals surface area (Å²) in [5.74, 6) is 0. The molecule has 1 fully saturated rings. The third-order valence-corrected chi connectivity index (χ3v) is 4.50. The number of urea groups is 1. The molecular weight excluding hydrogens is 280 g/mol. The van der Waals surface area contributed by atoms with Crippen LogP contribution in [0.25, 0.3) is 0 Å². The molecule has 3 N–H and O–H groups in total. The summed E-state index contributed by atoms with van der Waals surface area (Å²) in [6.45, 7) is 4.65. The van der Waals surface area contributed by atoms with Crippen molar-refractivity contribution in [1.29, 1.82) is 0 Å². The number of hydrogen-bond acceptors (Lipinski definition) is 3. The van der Waals surface area contributed by atoms with E-state index >= 15 is 0 Å². The van der Waals surface area contributed by atoms with Crippen LogP contribution in [0.1, 0.15) is 56.5 Å². The average Bonchev–Trinajstić information content (AvgIpc) is 2.82. The Hall–Kier alpha value is -1.56. The van der Waals surface area contributed by atoms with Gasteiger partial charge in [-0.2, -0.15) is 5.10 Å². The maximum Gasteiger partial charge on any atom is 0.315 e. The molecule has 0 spiro atoms. The minimum atomic E-state index is -0.421. The molecule has 0 bridgehead atoms. The van der Waals surface area contributed by atoms with E-state index in [0.717, 1.165) is 55.5 Å². The zero-order valence-corrected chi connectivity index (χ0v) is 13.9. The fraction of sp³-hybridized carbons (Fsp3) is 0.750. The molecular formula is C16H28N4O2. The highest BCUT2D eigenvalue weighted by atomic mass is 16.3. The minimum Gasteiger partial charge on any atom is -0.391 e. The summed E-state index contributed by atoms with van der Waals surface area (Å²) in [6, 6.07) is -0.335. The largest absolute Gasteiger partial charge is 0.391 e. The Morgan fingerprint density at radius 1 is 1.32 bits per heavy atom. The number of aromatic nitrogens is 2. The second-order valence-corrected chi connectivity index (χ2v) is 5.99. The van der Waals surface area contributed by atoms with Crippen LogP contribution >= 0.6 is 0 Å². The van der Waals surface area contributed by atoms with E-state index in [1.807, 2.05) is 11.7 Å². The lowest BCUT2D eigenvalue weighted by Crippen LogP contribution is -2.48. The molecule has 22 heavy (non-hydrogen) atoms. The molecule has 1 aliphatic carbocycles. The van der Waals surface area contributed by atoms with Crippen molar-refractivity contribution < 1.29 is 9.90 Å². The smallest absolute Gasteiger partial charge is 0.315 e. The maximum absolute atomic E-state index is 12.1. The van der Waals surface area contributed by atoms with Gasteiger partial charge in [0.2, 0.25) is 0 Å². The van der Waals surface area contributed by atoms with Crippen LogP contribution in [-0.4, -0.2) is 33.1 Å². The number of hydrogen-bond donors (Lipinski definition) is 3. The third kappa shape index (κ3) is 3.80. The van der Waals surface area contributed by atoms with Crippen molar-refractivity contribution in [3.8, 4) is 0 Å². The predicted molar refractivity (Wildman–Crippen MR) is 85.6 cm³/mol. The number of carbonyl (C=O) groups is 1. The van der Waals surface area contributed by atoms with Gasteiger partial charge in [0, 0.05) is 24.8 Å². The highest BCUT2D eigenvalue weighted by Crippen LogP contribution is 2.18. The van der Waals surface area contributed by atoms with Crippen molar-refractivity contribution in [2.45, 2.75) is 71.1 Å². The van der Waals surface area contributed by atoms with Gasteiger partial charge >= 0.3 is 6.03 Å². The average molecular weight is 308 g/mol. The van der Waals surface area contributed by atoms with Gasteiger partial charge in [0.25, 0.3) is 0 Å². The molecule has 2 atom stereocenters. The Bertz CT molecular complexity index is 512. The zero-order valence-electron chi connectivity index (χ0n) is 13.9. The van der Waals surface area contributed by atoms with Crippen LogP contribution in [-0.2, 0) is 26.4 Å². The Balaban J connectivity index is 1.93. The van der Waals surface area contributed by atoms with Gasteiger partial charge in [-0.05, 0) is 25.7 Å². The van der Waals surface area contributed by atoms with Crippen LogP contribution in [0.15, 0.2) is 0 Å². The number of amides is 2. The van der Waals surface area contributed by atoms with E-state index in [4.69, 9.17) is 0 Å². The molecule has 6 nitrogen and oxygen atoms in total. The second kappa shape index (κ2) is 7.63. The molecule has 2 amide bonds. The molecule has 1 aromatic heterocycles. The van der Waals surface area contributed by atoms with Crippen molar-refractivity contribution >= 4 is 6.03 Å². The third-order valence-electron chi connectivity index (χ3n) is 4.50. The molecule has 0 aliphatic heterocycles. The van der Waals surface area contributed by atoms with E-state index in [1.54, 1.807) is 0 Å². The van der Waals surface area contributed by atoms with Gasteiger partial charge in [0.15, 0.2) is 0 Å². The Kier molecular flexibility index (Phi) is 5.83. The number of nitrogens with one attached hydrogen (secondary N) is 2. The van der Waals surface area contributed by atoms with Gasteiger partial charge < -0.3 is 15.7 Å².